The fraction of sp³-hybridized carbons (Fsp3) is 0.588. The molecule has 0 aromatic carbocycles. The quantitative estimate of drug-likeness (QED) is 0.763. The van der Waals surface area contributed by atoms with Crippen molar-refractivity contribution in [3.05, 3.63) is 21.4 Å². The Labute approximate surface area is 146 Å². The Balaban J connectivity index is 1.83. The maximum atomic E-state index is 12.1. The molecule has 0 saturated carbocycles. The second-order valence-corrected chi connectivity index (χ2v) is 7.30. The zero-order valence-corrected chi connectivity index (χ0v) is 15.1. The number of aryl methyl sites for hydroxylation is 1. The lowest BCUT2D eigenvalue weighted by atomic mass is 9.90. The predicted molar refractivity (Wildman–Crippen MR) is 92.1 cm³/mol. The number of carbonyl (C=O) groups excluding carboxylic acids is 3. The van der Waals surface area contributed by atoms with E-state index < -0.39 is 17.9 Å². The summed E-state index contributed by atoms with van der Waals surface area (Å²) < 4.78 is 5.06. The van der Waals surface area contributed by atoms with Crippen molar-refractivity contribution in [1.29, 1.82) is 0 Å². The normalized spacial score (nSPS) is 17.5. The van der Waals surface area contributed by atoms with E-state index in [2.05, 4.69) is 17.6 Å². The van der Waals surface area contributed by atoms with Crippen molar-refractivity contribution in [1.82, 2.24) is 10.6 Å². The van der Waals surface area contributed by atoms with Gasteiger partial charge >= 0.3 is 5.97 Å². The molecule has 24 heavy (non-hydrogen) atoms. The molecule has 0 radical (unpaired) electrons. The average molecular weight is 352 g/mol. The van der Waals surface area contributed by atoms with Gasteiger partial charge in [-0.25, -0.2) is 4.79 Å². The third-order valence-electron chi connectivity index (χ3n) is 3.99. The molecule has 1 aromatic rings. The van der Waals surface area contributed by atoms with Crippen LogP contribution in [0, 0.1) is 5.92 Å². The number of likely N-dealkylation sites (N-methyl/N-ethyl adjacent to an activating group) is 1. The van der Waals surface area contributed by atoms with Crippen molar-refractivity contribution >= 4 is 29.1 Å². The lowest BCUT2D eigenvalue weighted by Crippen LogP contribution is -2.46. The molecule has 6 nitrogen and oxygen atoms in total. The average Bonchev–Trinajstić information content (AvgIpc) is 2.95. The van der Waals surface area contributed by atoms with Crippen LogP contribution in [0.15, 0.2) is 6.07 Å². The first-order chi connectivity index (χ1) is 11.4. The number of thiophene rings is 1. The summed E-state index contributed by atoms with van der Waals surface area (Å²) in [5.74, 6) is -0.602. The minimum Gasteiger partial charge on any atom is -0.451 e. The SMILES string of the molecule is CCNC(=O)[C@@H](C)NC(=O)COC(=O)c1cc2c(s1)CC[C@H](C)C2. The summed E-state index contributed by atoms with van der Waals surface area (Å²) in [5, 5.41) is 5.11. The molecule has 2 amide bonds. The second-order valence-electron chi connectivity index (χ2n) is 6.17. The van der Waals surface area contributed by atoms with Crippen LogP contribution in [0.3, 0.4) is 0 Å². The molecule has 0 fully saturated rings. The molecule has 1 aromatic heterocycles. The summed E-state index contributed by atoms with van der Waals surface area (Å²) >= 11 is 1.45. The van der Waals surface area contributed by atoms with E-state index in [1.54, 1.807) is 13.8 Å². The van der Waals surface area contributed by atoms with Gasteiger partial charge in [0, 0.05) is 11.4 Å². The maximum Gasteiger partial charge on any atom is 0.348 e. The Morgan fingerprint density at radius 3 is 2.88 bits per heavy atom. The zero-order valence-electron chi connectivity index (χ0n) is 14.3. The van der Waals surface area contributed by atoms with E-state index in [1.807, 2.05) is 6.07 Å². The summed E-state index contributed by atoms with van der Waals surface area (Å²) in [4.78, 5) is 37.2. The van der Waals surface area contributed by atoms with Crippen molar-refractivity contribution in [3.8, 4) is 0 Å². The molecular formula is C17H24N2O4S. The van der Waals surface area contributed by atoms with Crippen LogP contribution < -0.4 is 10.6 Å². The van der Waals surface area contributed by atoms with Gasteiger partial charge in [-0.1, -0.05) is 6.92 Å². The molecule has 0 bridgehead atoms. The van der Waals surface area contributed by atoms with Crippen LogP contribution in [0.25, 0.3) is 0 Å². The summed E-state index contributed by atoms with van der Waals surface area (Å²) in [6, 6.07) is 1.22. The minimum absolute atomic E-state index is 0.266. The molecule has 0 spiro atoms. The first kappa shape index (κ1) is 18.4. The Morgan fingerprint density at radius 2 is 2.17 bits per heavy atom. The van der Waals surface area contributed by atoms with E-state index in [4.69, 9.17) is 4.74 Å². The highest BCUT2D eigenvalue weighted by Crippen LogP contribution is 2.32. The second kappa shape index (κ2) is 8.28. The van der Waals surface area contributed by atoms with Crippen LogP contribution in [-0.2, 0) is 27.2 Å². The number of amides is 2. The molecule has 1 aliphatic carbocycles. The molecule has 2 rings (SSSR count). The highest BCUT2D eigenvalue weighted by atomic mass is 32.1. The molecule has 0 saturated heterocycles. The van der Waals surface area contributed by atoms with E-state index in [0.717, 1.165) is 19.3 Å². The number of ether oxygens (including phenoxy) is 1. The van der Waals surface area contributed by atoms with E-state index >= 15 is 0 Å². The van der Waals surface area contributed by atoms with Crippen molar-refractivity contribution in [2.24, 2.45) is 5.92 Å². The van der Waals surface area contributed by atoms with Gasteiger partial charge in [0.25, 0.3) is 5.91 Å². The zero-order chi connectivity index (χ0) is 17.7. The van der Waals surface area contributed by atoms with Crippen LogP contribution in [0.1, 0.15) is 47.3 Å². The molecule has 1 aliphatic rings. The van der Waals surface area contributed by atoms with Gasteiger partial charge in [0.2, 0.25) is 5.91 Å². The molecule has 2 atom stereocenters. The van der Waals surface area contributed by atoms with Crippen molar-refractivity contribution in [2.75, 3.05) is 13.2 Å². The first-order valence-corrected chi connectivity index (χ1v) is 9.08. The van der Waals surface area contributed by atoms with Gasteiger partial charge in [-0.2, -0.15) is 0 Å². The van der Waals surface area contributed by atoms with E-state index in [0.29, 0.717) is 17.3 Å². The smallest absolute Gasteiger partial charge is 0.348 e. The Kier molecular flexibility index (Phi) is 6.36. The number of nitrogens with one attached hydrogen (secondary N) is 2. The van der Waals surface area contributed by atoms with E-state index in [-0.39, 0.29) is 12.5 Å². The lowest BCUT2D eigenvalue weighted by molar-refractivity contribution is -0.130. The van der Waals surface area contributed by atoms with E-state index in [1.165, 1.54) is 21.8 Å². The lowest BCUT2D eigenvalue weighted by Gasteiger charge is -2.16. The van der Waals surface area contributed by atoms with Crippen LogP contribution in [0.4, 0.5) is 0 Å². The molecule has 7 heteroatoms. The Bertz CT molecular complexity index is 626. The van der Waals surface area contributed by atoms with Gasteiger partial charge in [0.1, 0.15) is 10.9 Å². The molecule has 1 heterocycles. The monoisotopic (exact) mass is 352 g/mol. The van der Waals surface area contributed by atoms with Gasteiger partial charge < -0.3 is 15.4 Å². The van der Waals surface area contributed by atoms with Crippen molar-refractivity contribution in [3.63, 3.8) is 0 Å². The molecule has 0 unspecified atom stereocenters. The van der Waals surface area contributed by atoms with Crippen molar-refractivity contribution < 1.29 is 19.1 Å². The summed E-state index contributed by atoms with van der Waals surface area (Å²) in [6.07, 6.45) is 3.13. The fourth-order valence-electron chi connectivity index (χ4n) is 2.68. The van der Waals surface area contributed by atoms with Gasteiger partial charge in [0.15, 0.2) is 6.61 Å². The molecular weight excluding hydrogens is 328 g/mol. The summed E-state index contributed by atoms with van der Waals surface area (Å²) in [5.41, 5.74) is 1.22. The molecule has 0 aliphatic heterocycles. The topological polar surface area (TPSA) is 84.5 Å². The number of hydrogen-bond acceptors (Lipinski definition) is 5. The Morgan fingerprint density at radius 1 is 1.42 bits per heavy atom. The van der Waals surface area contributed by atoms with Crippen LogP contribution in [0.5, 0.6) is 0 Å². The largest absolute Gasteiger partial charge is 0.451 e. The maximum absolute atomic E-state index is 12.1. The van der Waals surface area contributed by atoms with Gasteiger partial charge in [0.05, 0.1) is 0 Å². The van der Waals surface area contributed by atoms with Gasteiger partial charge in [-0.15, -0.1) is 11.3 Å². The number of carbonyl (C=O) groups is 3. The van der Waals surface area contributed by atoms with Crippen LogP contribution in [0.2, 0.25) is 0 Å². The highest BCUT2D eigenvalue weighted by Gasteiger charge is 2.22. The summed E-state index contributed by atoms with van der Waals surface area (Å²) in [6.45, 7) is 5.70. The predicted octanol–water partition coefficient (Wildman–Crippen LogP) is 1.67. The number of esters is 1. The third-order valence-corrected chi connectivity index (χ3v) is 5.20. The first-order valence-electron chi connectivity index (χ1n) is 8.26. The van der Waals surface area contributed by atoms with Crippen molar-refractivity contribution in [2.45, 2.75) is 46.1 Å². The Hall–Kier alpha value is -1.89. The number of hydrogen-bond donors (Lipinski definition) is 2. The standard InChI is InChI=1S/C17H24N2O4S/c1-4-18-16(21)11(3)19-15(20)9-23-17(22)14-8-12-7-10(2)5-6-13(12)24-14/h8,10-11H,4-7,9H2,1-3H3,(H,18,21)(H,19,20)/t10-,11+/m0/s1. The highest BCUT2D eigenvalue weighted by molar-refractivity contribution is 7.14. The van der Waals surface area contributed by atoms with Gasteiger partial charge in [-0.3, -0.25) is 9.59 Å². The number of rotatable bonds is 6. The number of fused-ring (bicyclic) bond motifs is 1. The minimum atomic E-state index is -0.660. The van der Waals surface area contributed by atoms with Crippen LogP contribution >= 0.6 is 11.3 Å². The van der Waals surface area contributed by atoms with Crippen LogP contribution in [-0.4, -0.2) is 37.0 Å². The third kappa shape index (κ3) is 4.80. The van der Waals surface area contributed by atoms with Gasteiger partial charge in [-0.05, 0) is 50.7 Å². The van der Waals surface area contributed by atoms with E-state index in [9.17, 15) is 14.4 Å². The summed E-state index contributed by atoms with van der Waals surface area (Å²) in [7, 11) is 0. The fourth-order valence-corrected chi connectivity index (χ4v) is 3.79. The molecule has 132 valence electrons. The molecule has 2 N–H and O–H groups in total.